The number of rotatable bonds is 7. The third-order valence-corrected chi connectivity index (χ3v) is 5.16. The van der Waals surface area contributed by atoms with E-state index >= 15 is 0 Å². The van der Waals surface area contributed by atoms with Crippen molar-refractivity contribution in [2.24, 2.45) is 5.10 Å². The van der Waals surface area contributed by atoms with Crippen LogP contribution in [0.1, 0.15) is 22.3 Å². The van der Waals surface area contributed by atoms with Crippen LogP contribution in [0.3, 0.4) is 0 Å². The predicted octanol–water partition coefficient (Wildman–Crippen LogP) is 6.39. The molecule has 0 aromatic heterocycles. The van der Waals surface area contributed by atoms with E-state index in [2.05, 4.69) is 26.5 Å². The lowest BCUT2D eigenvalue weighted by Gasteiger charge is -2.09. The summed E-state index contributed by atoms with van der Waals surface area (Å²) in [6, 6.07) is 17.2. The summed E-state index contributed by atoms with van der Waals surface area (Å²) in [7, 11) is 0. The lowest BCUT2D eigenvalue weighted by molar-refractivity contribution is -0.137. The summed E-state index contributed by atoms with van der Waals surface area (Å²) >= 11 is 9.30. The molecule has 0 unspecified atom stereocenters. The Bertz CT molecular complexity index is 1120. The monoisotopic (exact) mass is 524 g/mol. The van der Waals surface area contributed by atoms with Crippen LogP contribution in [0.2, 0.25) is 5.02 Å². The molecule has 0 heterocycles. The molecule has 3 aromatic rings. The van der Waals surface area contributed by atoms with Gasteiger partial charge in [0, 0.05) is 5.02 Å². The number of hydrazone groups is 1. The Kier molecular flexibility index (Phi) is 7.93. The number of alkyl halides is 3. The summed E-state index contributed by atoms with van der Waals surface area (Å²) in [6.07, 6.45) is -3.25. The third-order valence-electron chi connectivity index (χ3n) is 4.29. The van der Waals surface area contributed by atoms with E-state index in [1.807, 2.05) is 12.1 Å². The first kappa shape index (κ1) is 23.8. The highest BCUT2D eigenvalue weighted by molar-refractivity contribution is 9.10. The van der Waals surface area contributed by atoms with Crippen LogP contribution >= 0.6 is 27.5 Å². The molecule has 9 heteroatoms. The molecule has 4 nitrogen and oxygen atoms in total. The van der Waals surface area contributed by atoms with E-state index in [9.17, 15) is 18.0 Å². The molecule has 3 rings (SSSR count). The number of ether oxygens (including phenoxy) is 1. The van der Waals surface area contributed by atoms with Gasteiger partial charge in [-0.1, -0.05) is 41.9 Å². The van der Waals surface area contributed by atoms with Gasteiger partial charge in [0.2, 0.25) is 5.91 Å². The summed E-state index contributed by atoms with van der Waals surface area (Å²) in [6.45, 7) is 0.370. The van der Waals surface area contributed by atoms with Gasteiger partial charge in [-0.2, -0.15) is 18.3 Å². The molecule has 0 aliphatic heterocycles. The van der Waals surface area contributed by atoms with Crippen molar-refractivity contribution in [2.45, 2.75) is 19.2 Å². The fourth-order valence-electron chi connectivity index (χ4n) is 2.72. The minimum absolute atomic E-state index is 0.220. The molecule has 0 spiro atoms. The van der Waals surface area contributed by atoms with E-state index in [1.165, 1.54) is 18.3 Å². The minimum Gasteiger partial charge on any atom is -0.488 e. The van der Waals surface area contributed by atoms with E-state index in [0.717, 1.165) is 17.7 Å². The van der Waals surface area contributed by atoms with Gasteiger partial charge in [0.15, 0.2) is 0 Å². The largest absolute Gasteiger partial charge is 0.488 e. The molecule has 0 bridgehead atoms. The number of nitrogens with one attached hydrogen (secondary N) is 1. The zero-order valence-corrected chi connectivity index (χ0v) is 18.8. The van der Waals surface area contributed by atoms with Crippen LogP contribution in [-0.2, 0) is 24.0 Å². The zero-order valence-electron chi connectivity index (χ0n) is 16.5. The maximum atomic E-state index is 12.8. The topological polar surface area (TPSA) is 50.7 Å². The van der Waals surface area contributed by atoms with Gasteiger partial charge in [0.25, 0.3) is 0 Å². The number of carbonyl (C=O) groups excluding carboxylic acids is 1. The lowest BCUT2D eigenvalue weighted by atomic mass is 10.1. The Labute approximate surface area is 196 Å². The normalized spacial score (nSPS) is 11.5. The Morgan fingerprint density at radius 2 is 1.81 bits per heavy atom. The number of amides is 1. The van der Waals surface area contributed by atoms with Crippen molar-refractivity contribution in [1.29, 1.82) is 0 Å². The maximum absolute atomic E-state index is 12.8. The molecule has 0 fully saturated rings. The van der Waals surface area contributed by atoms with Gasteiger partial charge in [0.1, 0.15) is 12.4 Å². The summed E-state index contributed by atoms with van der Waals surface area (Å²) in [5.74, 6) is 0.105. The number of carbonyl (C=O) groups is 1. The molecule has 3 aromatic carbocycles. The molecular weight excluding hydrogens is 509 g/mol. The number of hydrogen-bond donors (Lipinski definition) is 1. The van der Waals surface area contributed by atoms with Gasteiger partial charge in [0.05, 0.1) is 22.7 Å². The second-order valence-corrected chi connectivity index (χ2v) is 8.06. The quantitative estimate of drug-likeness (QED) is 0.287. The summed E-state index contributed by atoms with van der Waals surface area (Å²) in [5, 5.41) is 4.51. The van der Waals surface area contributed by atoms with Gasteiger partial charge in [-0.25, -0.2) is 5.43 Å². The zero-order chi connectivity index (χ0) is 23.1. The first-order chi connectivity index (χ1) is 15.2. The van der Waals surface area contributed by atoms with Crippen LogP contribution < -0.4 is 10.2 Å². The van der Waals surface area contributed by atoms with E-state index < -0.39 is 17.6 Å². The fraction of sp³-hybridized carbons (Fsp3) is 0.130. The SMILES string of the molecule is O=C(Cc1cccc(C(F)(F)F)c1)N/N=C/c1ccc(OCc2ccc(Cl)cc2)c(Br)c1. The Morgan fingerprint density at radius 1 is 1.06 bits per heavy atom. The minimum atomic E-state index is -4.46. The lowest BCUT2D eigenvalue weighted by Crippen LogP contribution is -2.20. The van der Waals surface area contributed by atoms with Crippen molar-refractivity contribution in [2.75, 3.05) is 0 Å². The molecule has 0 saturated heterocycles. The molecule has 0 aliphatic carbocycles. The second kappa shape index (κ2) is 10.7. The van der Waals surface area contributed by atoms with E-state index in [4.69, 9.17) is 16.3 Å². The van der Waals surface area contributed by atoms with Crippen molar-refractivity contribution in [1.82, 2.24) is 5.43 Å². The summed E-state index contributed by atoms with van der Waals surface area (Å²) in [4.78, 5) is 12.0. The molecule has 166 valence electrons. The Balaban J connectivity index is 1.53. The summed E-state index contributed by atoms with van der Waals surface area (Å²) < 4.78 is 44.8. The highest BCUT2D eigenvalue weighted by Crippen LogP contribution is 2.29. The van der Waals surface area contributed by atoms with Crippen LogP contribution in [-0.4, -0.2) is 12.1 Å². The average Bonchev–Trinajstić information content (AvgIpc) is 2.74. The summed E-state index contributed by atoms with van der Waals surface area (Å²) in [5.41, 5.74) is 3.42. The average molecular weight is 526 g/mol. The molecule has 0 saturated carbocycles. The number of halogens is 5. The van der Waals surface area contributed by atoms with E-state index in [-0.39, 0.29) is 12.0 Å². The van der Waals surface area contributed by atoms with Crippen molar-refractivity contribution < 1.29 is 22.7 Å². The van der Waals surface area contributed by atoms with E-state index in [0.29, 0.717) is 27.4 Å². The number of hydrogen-bond acceptors (Lipinski definition) is 3. The van der Waals surface area contributed by atoms with Crippen LogP contribution in [0.4, 0.5) is 13.2 Å². The van der Waals surface area contributed by atoms with Crippen LogP contribution in [0.25, 0.3) is 0 Å². The van der Waals surface area contributed by atoms with Crippen molar-refractivity contribution in [3.05, 3.63) is 98.5 Å². The molecule has 1 N–H and O–H groups in total. The van der Waals surface area contributed by atoms with Crippen molar-refractivity contribution in [3.63, 3.8) is 0 Å². The number of benzene rings is 3. The van der Waals surface area contributed by atoms with Gasteiger partial charge in [-0.05, 0) is 69.0 Å². The van der Waals surface area contributed by atoms with Gasteiger partial charge >= 0.3 is 6.18 Å². The highest BCUT2D eigenvalue weighted by Gasteiger charge is 2.30. The second-order valence-electron chi connectivity index (χ2n) is 6.77. The van der Waals surface area contributed by atoms with Gasteiger partial charge < -0.3 is 4.74 Å². The molecule has 0 aliphatic rings. The molecule has 0 atom stereocenters. The molecule has 32 heavy (non-hydrogen) atoms. The van der Waals surface area contributed by atoms with Crippen LogP contribution in [0, 0.1) is 0 Å². The Morgan fingerprint density at radius 3 is 2.50 bits per heavy atom. The van der Waals surface area contributed by atoms with Crippen LogP contribution in [0.15, 0.2) is 76.3 Å². The smallest absolute Gasteiger partial charge is 0.416 e. The van der Waals surface area contributed by atoms with Crippen LogP contribution in [0.5, 0.6) is 5.75 Å². The standard InChI is InChI=1S/C23H17BrClF3N2O2/c24-20-11-17(6-9-21(20)32-14-15-4-7-19(25)8-5-15)13-29-30-22(31)12-16-2-1-3-18(10-16)23(26,27)28/h1-11,13H,12,14H2,(H,30,31)/b29-13+. The predicted molar refractivity (Wildman–Crippen MR) is 121 cm³/mol. The molecule has 0 radical (unpaired) electrons. The molecule has 1 amide bonds. The first-order valence-electron chi connectivity index (χ1n) is 9.35. The maximum Gasteiger partial charge on any atom is 0.416 e. The highest BCUT2D eigenvalue weighted by atomic mass is 79.9. The first-order valence-corrected chi connectivity index (χ1v) is 10.5. The van der Waals surface area contributed by atoms with Gasteiger partial charge in [-0.3, -0.25) is 4.79 Å². The third kappa shape index (κ3) is 7.10. The van der Waals surface area contributed by atoms with Crippen molar-refractivity contribution >= 4 is 39.7 Å². The van der Waals surface area contributed by atoms with E-state index in [1.54, 1.807) is 30.3 Å². The fourth-order valence-corrected chi connectivity index (χ4v) is 3.35. The molecular formula is C23H17BrClF3N2O2. The Hall–Kier alpha value is -2.84. The number of nitrogens with zero attached hydrogens (tertiary/aromatic N) is 1. The van der Waals surface area contributed by atoms with Crippen molar-refractivity contribution in [3.8, 4) is 5.75 Å². The van der Waals surface area contributed by atoms with Gasteiger partial charge in [-0.15, -0.1) is 0 Å².